The molecule has 1 heterocycles. The number of Topliss-reactive ketones (excluding diaryl/α,β-unsaturated/α-hetero) is 1. The fraction of sp³-hybridized carbons (Fsp3) is 0.407. The lowest BCUT2D eigenvalue weighted by atomic mass is 9.93. The molecule has 1 aliphatic heterocycles. The summed E-state index contributed by atoms with van der Waals surface area (Å²) < 4.78 is 10.9. The molecule has 33 heavy (non-hydrogen) atoms. The first-order valence-electron chi connectivity index (χ1n) is 11.4. The summed E-state index contributed by atoms with van der Waals surface area (Å²) in [5.41, 5.74) is 2.47. The molecule has 0 bridgehead atoms. The van der Waals surface area contributed by atoms with E-state index in [9.17, 15) is 14.7 Å². The number of rotatable bonds is 9. The van der Waals surface area contributed by atoms with Crippen LogP contribution >= 0.6 is 0 Å². The number of aliphatic hydroxyl groups excluding tert-OH is 1. The maximum Gasteiger partial charge on any atom is 0.295 e. The Labute approximate surface area is 195 Å². The minimum Gasteiger partial charge on any atom is -0.507 e. The normalized spacial score (nSPS) is 17.9. The summed E-state index contributed by atoms with van der Waals surface area (Å²) >= 11 is 0. The number of nitrogens with zero attached hydrogens (tertiary/aromatic N) is 1. The van der Waals surface area contributed by atoms with Crippen LogP contribution in [0.25, 0.3) is 5.76 Å². The Morgan fingerprint density at radius 1 is 1.06 bits per heavy atom. The van der Waals surface area contributed by atoms with Crippen molar-refractivity contribution in [1.82, 2.24) is 4.90 Å². The van der Waals surface area contributed by atoms with Crippen molar-refractivity contribution in [3.8, 4) is 5.75 Å². The second-order valence-corrected chi connectivity index (χ2v) is 8.82. The number of benzene rings is 2. The molecule has 6 heteroatoms. The summed E-state index contributed by atoms with van der Waals surface area (Å²) in [6.07, 6.45) is 0.679. The second kappa shape index (κ2) is 10.7. The number of carbonyl (C=O) groups excluding carboxylic acids is 2. The molecule has 0 spiro atoms. The van der Waals surface area contributed by atoms with E-state index in [1.807, 2.05) is 38.1 Å². The van der Waals surface area contributed by atoms with E-state index in [1.54, 1.807) is 29.2 Å². The summed E-state index contributed by atoms with van der Waals surface area (Å²) in [6.45, 7) is 8.96. The molecule has 2 aromatic rings. The van der Waals surface area contributed by atoms with Gasteiger partial charge in [0.05, 0.1) is 24.8 Å². The Bertz CT molecular complexity index is 1020. The van der Waals surface area contributed by atoms with Crippen molar-refractivity contribution in [1.29, 1.82) is 0 Å². The number of ether oxygens (including phenoxy) is 2. The minimum atomic E-state index is -0.682. The van der Waals surface area contributed by atoms with Crippen LogP contribution in [0.1, 0.15) is 62.8 Å². The molecular weight excluding hydrogens is 418 g/mol. The van der Waals surface area contributed by atoms with Crippen molar-refractivity contribution in [2.24, 2.45) is 0 Å². The Kier molecular flexibility index (Phi) is 7.92. The van der Waals surface area contributed by atoms with Gasteiger partial charge in [0.1, 0.15) is 11.5 Å². The molecule has 1 aliphatic rings. The zero-order valence-corrected chi connectivity index (χ0v) is 20.0. The van der Waals surface area contributed by atoms with Gasteiger partial charge in [-0.3, -0.25) is 9.59 Å². The van der Waals surface area contributed by atoms with Gasteiger partial charge in [-0.25, -0.2) is 0 Å². The van der Waals surface area contributed by atoms with Gasteiger partial charge in [0.25, 0.3) is 11.7 Å². The lowest BCUT2D eigenvalue weighted by Crippen LogP contribution is -2.31. The van der Waals surface area contributed by atoms with Gasteiger partial charge >= 0.3 is 0 Å². The number of methoxy groups -OCH3 is 1. The van der Waals surface area contributed by atoms with Gasteiger partial charge in [-0.1, -0.05) is 50.2 Å². The van der Waals surface area contributed by atoms with E-state index in [4.69, 9.17) is 9.47 Å². The van der Waals surface area contributed by atoms with Gasteiger partial charge in [0.15, 0.2) is 0 Å². The quantitative estimate of drug-likeness (QED) is 0.250. The molecule has 0 aliphatic carbocycles. The highest BCUT2D eigenvalue weighted by Gasteiger charge is 2.45. The van der Waals surface area contributed by atoms with Crippen molar-refractivity contribution in [3.63, 3.8) is 0 Å². The van der Waals surface area contributed by atoms with Crippen molar-refractivity contribution in [2.75, 3.05) is 20.3 Å². The van der Waals surface area contributed by atoms with Crippen LogP contribution < -0.4 is 4.74 Å². The van der Waals surface area contributed by atoms with Crippen LogP contribution in [0.2, 0.25) is 0 Å². The van der Waals surface area contributed by atoms with E-state index in [-0.39, 0.29) is 17.4 Å². The molecule has 2 aromatic carbocycles. The van der Waals surface area contributed by atoms with Gasteiger partial charge in [-0.05, 0) is 49.4 Å². The lowest BCUT2D eigenvalue weighted by molar-refractivity contribution is -0.140. The first kappa shape index (κ1) is 24.5. The number of hydrogen-bond acceptors (Lipinski definition) is 5. The van der Waals surface area contributed by atoms with E-state index < -0.39 is 17.7 Å². The number of ketones is 1. The molecule has 6 nitrogen and oxygen atoms in total. The third-order valence-electron chi connectivity index (χ3n) is 5.80. The molecule has 0 radical (unpaired) electrons. The average molecular weight is 452 g/mol. The van der Waals surface area contributed by atoms with E-state index in [0.717, 1.165) is 11.1 Å². The molecular formula is C27H33NO5. The second-order valence-electron chi connectivity index (χ2n) is 8.82. The molecule has 1 N–H and O–H groups in total. The Morgan fingerprint density at radius 3 is 2.36 bits per heavy atom. The molecule has 0 saturated carbocycles. The van der Waals surface area contributed by atoms with E-state index in [2.05, 4.69) is 13.8 Å². The number of carbonyl (C=O) groups is 2. The average Bonchev–Trinajstić information content (AvgIpc) is 3.06. The highest BCUT2D eigenvalue weighted by Crippen LogP contribution is 2.40. The van der Waals surface area contributed by atoms with Crippen molar-refractivity contribution >= 4 is 17.4 Å². The van der Waals surface area contributed by atoms with Crippen LogP contribution in [0.15, 0.2) is 54.1 Å². The maximum absolute atomic E-state index is 13.1. The summed E-state index contributed by atoms with van der Waals surface area (Å²) in [4.78, 5) is 27.7. The Balaban J connectivity index is 2.05. The topological polar surface area (TPSA) is 76.1 Å². The number of likely N-dealkylation sites (tertiary alicyclic amines) is 1. The number of aliphatic hydroxyl groups is 1. The molecule has 1 saturated heterocycles. The molecule has 0 aromatic heterocycles. The van der Waals surface area contributed by atoms with Crippen LogP contribution in [0.5, 0.6) is 5.75 Å². The summed E-state index contributed by atoms with van der Waals surface area (Å²) in [5.74, 6) is -0.585. The van der Waals surface area contributed by atoms with Gasteiger partial charge in [-0.2, -0.15) is 0 Å². The van der Waals surface area contributed by atoms with Crippen LogP contribution in [-0.4, -0.2) is 48.1 Å². The molecule has 1 unspecified atom stereocenters. The predicted octanol–water partition coefficient (Wildman–Crippen LogP) is 5.06. The predicted molar refractivity (Wildman–Crippen MR) is 128 cm³/mol. The van der Waals surface area contributed by atoms with E-state index >= 15 is 0 Å². The van der Waals surface area contributed by atoms with E-state index in [0.29, 0.717) is 36.8 Å². The van der Waals surface area contributed by atoms with Gasteiger partial charge in [0, 0.05) is 18.7 Å². The Morgan fingerprint density at radius 2 is 1.76 bits per heavy atom. The first-order valence-corrected chi connectivity index (χ1v) is 11.4. The standard InChI is InChI=1S/C27H33NO5/c1-17(2)19-10-12-20(13-11-19)24-23(25(29)21-8-6-9-22(16-21)32-5)26(30)27(31)28(24)14-7-15-33-18(3)4/h6,8-13,16-18,24,29H,7,14-15H2,1-5H3/b25-23+. The molecule has 1 amide bonds. The fourth-order valence-corrected chi connectivity index (χ4v) is 4.00. The van der Waals surface area contributed by atoms with Crippen molar-refractivity contribution in [3.05, 3.63) is 70.8 Å². The highest BCUT2D eigenvalue weighted by molar-refractivity contribution is 6.46. The maximum atomic E-state index is 13.1. The van der Waals surface area contributed by atoms with E-state index in [1.165, 1.54) is 7.11 Å². The van der Waals surface area contributed by atoms with Crippen LogP contribution in [0, 0.1) is 0 Å². The first-order chi connectivity index (χ1) is 15.7. The number of hydrogen-bond donors (Lipinski definition) is 1. The largest absolute Gasteiger partial charge is 0.507 e. The zero-order valence-electron chi connectivity index (χ0n) is 20.0. The van der Waals surface area contributed by atoms with Crippen LogP contribution in [0.3, 0.4) is 0 Å². The smallest absolute Gasteiger partial charge is 0.295 e. The summed E-state index contributed by atoms with van der Waals surface area (Å²) in [6, 6.07) is 14.0. The minimum absolute atomic E-state index is 0.0906. The number of amides is 1. The van der Waals surface area contributed by atoms with Crippen LogP contribution in [0.4, 0.5) is 0 Å². The fourth-order valence-electron chi connectivity index (χ4n) is 4.00. The summed E-state index contributed by atoms with van der Waals surface area (Å²) in [5, 5.41) is 11.2. The molecule has 1 fully saturated rings. The zero-order chi connectivity index (χ0) is 24.1. The highest BCUT2D eigenvalue weighted by atomic mass is 16.5. The van der Waals surface area contributed by atoms with Crippen molar-refractivity contribution < 1.29 is 24.2 Å². The monoisotopic (exact) mass is 451 g/mol. The SMILES string of the molecule is COc1cccc(/C(O)=C2\C(=O)C(=O)N(CCCOC(C)C)C2c2ccc(C(C)C)cc2)c1. The summed E-state index contributed by atoms with van der Waals surface area (Å²) in [7, 11) is 1.54. The lowest BCUT2D eigenvalue weighted by Gasteiger charge is -2.26. The van der Waals surface area contributed by atoms with Gasteiger partial charge in [0.2, 0.25) is 0 Å². The van der Waals surface area contributed by atoms with Gasteiger partial charge in [-0.15, -0.1) is 0 Å². The third-order valence-corrected chi connectivity index (χ3v) is 5.80. The third kappa shape index (κ3) is 5.45. The van der Waals surface area contributed by atoms with Crippen molar-refractivity contribution in [2.45, 2.75) is 52.2 Å². The molecule has 3 rings (SSSR count). The Hall–Kier alpha value is -3.12. The van der Waals surface area contributed by atoms with Gasteiger partial charge < -0.3 is 19.5 Å². The molecule has 176 valence electrons. The van der Waals surface area contributed by atoms with Crippen LogP contribution in [-0.2, 0) is 14.3 Å². The molecule has 1 atom stereocenters.